The Balaban J connectivity index is 2.55. The predicted octanol–water partition coefficient (Wildman–Crippen LogP) is 2.19. The Morgan fingerprint density at radius 3 is 2.53 bits per heavy atom. The van der Waals surface area contributed by atoms with Gasteiger partial charge in [0.05, 0.1) is 0 Å². The fourth-order valence-electron chi connectivity index (χ4n) is 2.28. The smallest absolute Gasteiger partial charge is 0.0219 e. The molecule has 2 N–H and O–H groups in total. The van der Waals surface area contributed by atoms with Crippen LogP contribution in [0.1, 0.15) is 34.1 Å². The molecule has 0 aliphatic carbocycles. The van der Waals surface area contributed by atoms with Crippen molar-refractivity contribution >= 4 is 11.8 Å². The number of nitrogens with zero attached hydrogens (tertiary/aromatic N) is 1. The van der Waals surface area contributed by atoms with Crippen LogP contribution in [0.4, 0.5) is 0 Å². The third-order valence-corrected chi connectivity index (χ3v) is 4.71. The average Bonchev–Trinajstić information content (AvgIpc) is 2.61. The van der Waals surface area contributed by atoms with Gasteiger partial charge >= 0.3 is 0 Å². The Morgan fingerprint density at radius 1 is 1.47 bits per heavy atom. The number of hydrogen-bond donors (Lipinski definition) is 1. The Bertz CT molecular complexity index is 194. The molecule has 15 heavy (non-hydrogen) atoms. The highest BCUT2D eigenvalue weighted by Gasteiger charge is 2.31. The average molecular weight is 230 g/mol. The highest BCUT2D eigenvalue weighted by atomic mass is 32.2. The highest BCUT2D eigenvalue weighted by Crippen LogP contribution is 2.31. The zero-order valence-corrected chi connectivity index (χ0v) is 11.4. The van der Waals surface area contributed by atoms with Crippen molar-refractivity contribution in [3.63, 3.8) is 0 Å². The lowest BCUT2D eigenvalue weighted by Gasteiger charge is -2.36. The summed E-state index contributed by atoms with van der Waals surface area (Å²) in [5.41, 5.74) is 6.06. The van der Waals surface area contributed by atoms with E-state index in [1.165, 1.54) is 12.2 Å². The number of nitrogens with two attached hydrogens (primary N) is 1. The van der Waals surface area contributed by atoms with Crippen LogP contribution in [0, 0.1) is 5.41 Å². The lowest BCUT2D eigenvalue weighted by molar-refractivity contribution is 0.139. The second-order valence-corrected chi connectivity index (χ2v) is 6.85. The second kappa shape index (κ2) is 5.55. The summed E-state index contributed by atoms with van der Waals surface area (Å²) >= 11 is 2.11. The maximum absolute atomic E-state index is 5.81. The molecule has 1 fully saturated rings. The standard InChI is InChI=1S/C12H26N2S/c1-5-14(9-12(3,4)8-13)11-6-7-15-10(11)2/h10-11H,5-9,13H2,1-4H3. The van der Waals surface area contributed by atoms with Gasteiger partial charge in [-0.2, -0.15) is 11.8 Å². The van der Waals surface area contributed by atoms with Crippen LogP contribution in [0.2, 0.25) is 0 Å². The predicted molar refractivity (Wildman–Crippen MR) is 70.4 cm³/mol. The Kier molecular flexibility index (Phi) is 4.94. The molecule has 2 unspecified atom stereocenters. The van der Waals surface area contributed by atoms with E-state index in [0.29, 0.717) is 0 Å². The highest BCUT2D eigenvalue weighted by molar-refractivity contribution is 8.00. The van der Waals surface area contributed by atoms with E-state index in [1.54, 1.807) is 0 Å². The summed E-state index contributed by atoms with van der Waals surface area (Å²) in [4.78, 5) is 2.62. The minimum absolute atomic E-state index is 0.253. The van der Waals surface area contributed by atoms with Gasteiger partial charge in [0.15, 0.2) is 0 Å². The van der Waals surface area contributed by atoms with Gasteiger partial charge < -0.3 is 5.73 Å². The zero-order chi connectivity index (χ0) is 11.5. The summed E-state index contributed by atoms with van der Waals surface area (Å²) in [6.07, 6.45) is 1.35. The molecular formula is C12H26N2S. The van der Waals surface area contributed by atoms with Gasteiger partial charge in [0.2, 0.25) is 0 Å². The Hall–Kier alpha value is 0.270. The largest absolute Gasteiger partial charge is 0.330 e. The first-order valence-electron chi connectivity index (χ1n) is 6.06. The van der Waals surface area contributed by atoms with Crippen molar-refractivity contribution in [1.29, 1.82) is 0 Å². The fraction of sp³-hybridized carbons (Fsp3) is 1.00. The van der Waals surface area contributed by atoms with Crippen LogP contribution >= 0.6 is 11.8 Å². The number of rotatable bonds is 5. The molecule has 1 saturated heterocycles. The third kappa shape index (κ3) is 3.65. The minimum Gasteiger partial charge on any atom is -0.330 e. The van der Waals surface area contributed by atoms with Crippen LogP contribution in [0.3, 0.4) is 0 Å². The van der Waals surface area contributed by atoms with E-state index in [9.17, 15) is 0 Å². The van der Waals surface area contributed by atoms with Crippen LogP contribution in [0.15, 0.2) is 0 Å². The van der Waals surface area contributed by atoms with Gasteiger partial charge in [0.1, 0.15) is 0 Å². The van der Waals surface area contributed by atoms with Gasteiger partial charge in [-0.3, -0.25) is 4.90 Å². The molecule has 0 aromatic heterocycles. The molecule has 0 aromatic carbocycles. The van der Waals surface area contributed by atoms with E-state index in [1.807, 2.05) is 0 Å². The van der Waals surface area contributed by atoms with Crippen molar-refractivity contribution in [2.45, 2.75) is 45.4 Å². The molecule has 0 radical (unpaired) electrons. The van der Waals surface area contributed by atoms with Crippen molar-refractivity contribution in [2.75, 3.05) is 25.4 Å². The zero-order valence-electron chi connectivity index (χ0n) is 10.6. The Labute approximate surface area is 99.0 Å². The van der Waals surface area contributed by atoms with Crippen molar-refractivity contribution in [3.8, 4) is 0 Å². The molecule has 0 aromatic rings. The fourth-order valence-corrected chi connectivity index (χ4v) is 3.56. The molecule has 0 amide bonds. The van der Waals surface area contributed by atoms with Crippen LogP contribution in [-0.2, 0) is 0 Å². The first-order chi connectivity index (χ1) is 7.00. The monoisotopic (exact) mass is 230 g/mol. The summed E-state index contributed by atoms with van der Waals surface area (Å²) in [6, 6.07) is 0.769. The molecule has 2 atom stereocenters. The van der Waals surface area contributed by atoms with Crippen LogP contribution < -0.4 is 5.73 Å². The quantitative estimate of drug-likeness (QED) is 0.785. The molecular weight excluding hydrogens is 204 g/mol. The van der Waals surface area contributed by atoms with Crippen LogP contribution in [0.25, 0.3) is 0 Å². The molecule has 2 nitrogen and oxygen atoms in total. The molecule has 0 bridgehead atoms. The molecule has 1 aliphatic rings. The second-order valence-electron chi connectivity index (χ2n) is 5.36. The van der Waals surface area contributed by atoms with Crippen LogP contribution in [0.5, 0.6) is 0 Å². The summed E-state index contributed by atoms with van der Waals surface area (Å²) in [5, 5.41) is 0.790. The van der Waals surface area contributed by atoms with Crippen molar-refractivity contribution in [2.24, 2.45) is 11.1 Å². The maximum atomic E-state index is 5.81. The molecule has 1 aliphatic heterocycles. The number of hydrogen-bond acceptors (Lipinski definition) is 3. The van der Waals surface area contributed by atoms with Crippen molar-refractivity contribution < 1.29 is 0 Å². The first-order valence-corrected chi connectivity index (χ1v) is 7.11. The van der Waals surface area contributed by atoms with Gasteiger partial charge in [0, 0.05) is 17.8 Å². The lowest BCUT2D eigenvalue weighted by Crippen LogP contribution is -2.46. The van der Waals surface area contributed by atoms with E-state index in [-0.39, 0.29) is 5.41 Å². The summed E-state index contributed by atoms with van der Waals surface area (Å²) in [5.74, 6) is 1.32. The maximum Gasteiger partial charge on any atom is 0.0219 e. The van der Waals surface area contributed by atoms with Crippen molar-refractivity contribution in [3.05, 3.63) is 0 Å². The molecule has 90 valence electrons. The van der Waals surface area contributed by atoms with E-state index in [4.69, 9.17) is 5.73 Å². The third-order valence-electron chi connectivity index (χ3n) is 3.40. The lowest BCUT2D eigenvalue weighted by atomic mass is 9.92. The SMILES string of the molecule is CCN(CC(C)(C)CN)C1CCSC1C. The van der Waals surface area contributed by atoms with Gasteiger partial charge in [0.25, 0.3) is 0 Å². The van der Waals surface area contributed by atoms with Gasteiger partial charge in [-0.15, -0.1) is 0 Å². The van der Waals surface area contributed by atoms with E-state index < -0.39 is 0 Å². The molecule has 0 spiro atoms. The molecule has 0 saturated carbocycles. The summed E-state index contributed by atoms with van der Waals surface area (Å²) in [6.45, 7) is 12.2. The number of thioether (sulfide) groups is 1. The van der Waals surface area contributed by atoms with E-state index >= 15 is 0 Å². The minimum atomic E-state index is 0.253. The van der Waals surface area contributed by atoms with Gasteiger partial charge in [-0.25, -0.2) is 0 Å². The van der Waals surface area contributed by atoms with Gasteiger partial charge in [-0.1, -0.05) is 27.7 Å². The van der Waals surface area contributed by atoms with Crippen LogP contribution in [-0.4, -0.2) is 41.6 Å². The topological polar surface area (TPSA) is 29.3 Å². The van der Waals surface area contributed by atoms with E-state index in [0.717, 1.165) is 30.9 Å². The summed E-state index contributed by atoms with van der Waals surface area (Å²) < 4.78 is 0. The van der Waals surface area contributed by atoms with Gasteiger partial charge in [-0.05, 0) is 30.7 Å². The first kappa shape index (κ1) is 13.3. The van der Waals surface area contributed by atoms with E-state index in [2.05, 4.69) is 44.4 Å². The summed E-state index contributed by atoms with van der Waals surface area (Å²) in [7, 11) is 0. The molecule has 1 heterocycles. The Morgan fingerprint density at radius 2 is 2.13 bits per heavy atom. The van der Waals surface area contributed by atoms with Crippen molar-refractivity contribution in [1.82, 2.24) is 4.90 Å². The normalized spacial score (nSPS) is 27.6. The molecule has 3 heteroatoms. The molecule has 1 rings (SSSR count).